The van der Waals surface area contributed by atoms with Crippen molar-refractivity contribution in [2.75, 3.05) is 0 Å². The number of hydrogen-bond donors (Lipinski definition) is 1. The van der Waals surface area contributed by atoms with Gasteiger partial charge in [0, 0.05) is 5.54 Å². The van der Waals surface area contributed by atoms with Crippen LogP contribution in [0, 0.1) is 17.8 Å². The third kappa shape index (κ3) is 2.37. The van der Waals surface area contributed by atoms with Crippen molar-refractivity contribution in [2.45, 2.75) is 44.1 Å². The minimum absolute atomic E-state index is 0. The van der Waals surface area contributed by atoms with E-state index in [4.69, 9.17) is 24.8 Å². The zero-order valence-corrected chi connectivity index (χ0v) is 12.9. The van der Waals surface area contributed by atoms with Crippen molar-refractivity contribution >= 4 is 29.2 Å². The maximum atomic E-state index is 5.03. The first-order valence-electron chi connectivity index (χ1n) is 5.64. The summed E-state index contributed by atoms with van der Waals surface area (Å²) in [5.74, 6) is 2.91. The molecule has 4 heteroatoms. The van der Waals surface area contributed by atoms with Gasteiger partial charge in [0.05, 0.1) is 0 Å². The summed E-state index contributed by atoms with van der Waals surface area (Å²) >= 11 is 10.1. The molecule has 4 aliphatic rings. The average Bonchev–Trinajstić information content (AvgIpc) is 1.96. The van der Waals surface area contributed by atoms with Gasteiger partial charge in [-0.3, -0.25) is 0 Å². The Morgan fingerprint density at radius 1 is 1.07 bits per heavy atom. The molecule has 1 N–H and O–H groups in total. The monoisotopic (exact) mass is 249 g/mol. The van der Waals surface area contributed by atoms with Crippen molar-refractivity contribution in [3.05, 3.63) is 0 Å². The summed E-state index contributed by atoms with van der Waals surface area (Å²) in [6, 6.07) is 0. The molecule has 78 valence electrons. The molecule has 0 amide bonds. The maximum Gasteiger partial charge on any atom is 1.00 e. The molecule has 4 aliphatic carbocycles. The van der Waals surface area contributed by atoms with Crippen LogP contribution < -0.4 is 34.9 Å². The van der Waals surface area contributed by atoms with Gasteiger partial charge in [-0.05, 0) is 56.3 Å². The Balaban J connectivity index is 0.000000853. The van der Waals surface area contributed by atoms with Crippen LogP contribution in [0.1, 0.15) is 38.5 Å². The van der Waals surface area contributed by atoms with Gasteiger partial charge in [0.25, 0.3) is 0 Å². The van der Waals surface area contributed by atoms with E-state index in [1.165, 1.54) is 38.5 Å². The molecule has 15 heavy (non-hydrogen) atoms. The van der Waals surface area contributed by atoms with Crippen LogP contribution in [-0.2, 0) is 12.6 Å². The molecule has 0 aliphatic heterocycles. The molecule has 0 radical (unpaired) electrons. The molecule has 4 fully saturated rings. The van der Waals surface area contributed by atoms with Gasteiger partial charge in [0.15, 0.2) is 0 Å². The standard InChI is InChI=1S/C11H17NS2.Na/c13-10(14)12-11-4-7-1-8(5-11)3-9(2-7)6-11;/h7-9H,1-6H2,(H2,12,13,14);/q;+1/p-1. The van der Waals surface area contributed by atoms with Crippen LogP contribution in [0.2, 0.25) is 0 Å². The van der Waals surface area contributed by atoms with Crippen LogP contribution in [0.15, 0.2) is 0 Å². The number of nitrogens with one attached hydrogen (secondary N) is 1. The van der Waals surface area contributed by atoms with Gasteiger partial charge in [0.1, 0.15) is 0 Å². The van der Waals surface area contributed by atoms with Crippen LogP contribution in [0.25, 0.3) is 0 Å². The quantitative estimate of drug-likeness (QED) is 0.378. The molecule has 0 heterocycles. The van der Waals surface area contributed by atoms with Crippen molar-refractivity contribution in [1.29, 1.82) is 0 Å². The first kappa shape index (κ1) is 12.6. The predicted octanol–water partition coefficient (Wildman–Crippen LogP) is -0.619. The second-order valence-corrected chi connectivity index (χ2v) is 6.69. The fourth-order valence-corrected chi connectivity index (χ4v) is 4.91. The van der Waals surface area contributed by atoms with Crippen molar-refractivity contribution in [3.63, 3.8) is 0 Å². The summed E-state index contributed by atoms with van der Waals surface area (Å²) in [4.78, 5) is 0. The Bertz CT molecular complexity index is 244. The second-order valence-electron chi connectivity index (χ2n) is 5.61. The third-order valence-corrected chi connectivity index (χ3v) is 4.61. The van der Waals surface area contributed by atoms with Crippen molar-refractivity contribution < 1.29 is 29.6 Å². The molecule has 0 saturated heterocycles. The van der Waals surface area contributed by atoms with E-state index in [-0.39, 0.29) is 29.6 Å². The molecule has 4 saturated carbocycles. The first-order chi connectivity index (χ1) is 6.65. The first-order valence-corrected chi connectivity index (χ1v) is 6.46. The van der Waals surface area contributed by atoms with Gasteiger partial charge in [-0.15, -0.1) is 0 Å². The normalized spacial score (nSPS) is 46.0. The molecule has 0 aromatic heterocycles. The number of thiocarbonyl (C=S) groups is 1. The fraction of sp³-hybridized carbons (Fsp3) is 0.909. The Kier molecular flexibility index (Phi) is 3.70. The molecule has 4 rings (SSSR count). The van der Waals surface area contributed by atoms with E-state index < -0.39 is 0 Å². The van der Waals surface area contributed by atoms with E-state index in [1.807, 2.05) is 0 Å². The second kappa shape index (κ2) is 4.41. The van der Waals surface area contributed by atoms with Crippen LogP contribution in [0.5, 0.6) is 0 Å². The summed E-state index contributed by atoms with van der Waals surface area (Å²) in [7, 11) is 0. The third-order valence-electron chi connectivity index (χ3n) is 4.41. The minimum Gasteiger partial charge on any atom is -0.412 e. The minimum atomic E-state index is 0. The van der Waals surface area contributed by atoms with E-state index >= 15 is 0 Å². The number of rotatable bonds is 1. The smallest absolute Gasteiger partial charge is 0.412 e. The van der Waals surface area contributed by atoms with Crippen molar-refractivity contribution in [3.8, 4) is 0 Å². The van der Waals surface area contributed by atoms with Crippen LogP contribution >= 0.6 is 12.2 Å². The molecule has 4 bridgehead atoms. The zero-order chi connectivity index (χ0) is 9.76. The zero-order valence-electron chi connectivity index (χ0n) is 9.29. The van der Waals surface area contributed by atoms with Gasteiger partial charge < -0.3 is 30.2 Å². The average molecular weight is 249 g/mol. The van der Waals surface area contributed by atoms with Gasteiger partial charge in [-0.1, -0.05) is 4.32 Å². The summed E-state index contributed by atoms with van der Waals surface area (Å²) in [6.45, 7) is 0. The Morgan fingerprint density at radius 2 is 1.47 bits per heavy atom. The fourth-order valence-electron chi connectivity index (χ4n) is 4.48. The molecular formula is C11H16NNaS2. The van der Waals surface area contributed by atoms with E-state index in [2.05, 4.69) is 5.32 Å². The molecule has 0 spiro atoms. The van der Waals surface area contributed by atoms with Crippen LogP contribution in [0.3, 0.4) is 0 Å². The molecule has 0 atom stereocenters. The topological polar surface area (TPSA) is 12.0 Å². The van der Waals surface area contributed by atoms with Crippen LogP contribution in [-0.4, -0.2) is 9.86 Å². The Morgan fingerprint density at radius 3 is 1.80 bits per heavy atom. The Labute approximate surface area is 125 Å². The molecule has 0 aromatic carbocycles. The van der Waals surface area contributed by atoms with Crippen molar-refractivity contribution in [1.82, 2.24) is 5.32 Å². The molecule has 1 nitrogen and oxygen atoms in total. The summed E-state index contributed by atoms with van der Waals surface area (Å²) < 4.78 is 0.590. The van der Waals surface area contributed by atoms with Crippen LogP contribution in [0.4, 0.5) is 0 Å². The van der Waals surface area contributed by atoms with Gasteiger partial charge in [0.2, 0.25) is 0 Å². The Hall–Kier alpha value is 1.11. The van der Waals surface area contributed by atoms with Gasteiger partial charge in [-0.2, -0.15) is 0 Å². The summed E-state index contributed by atoms with van der Waals surface area (Å²) in [6.07, 6.45) is 8.42. The van der Waals surface area contributed by atoms with E-state index in [9.17, 15) is 0 Å². The predicted molar refractivity (Wildman–Crippen MR) is 64.0 cm³/mol. The van der Waals surface area contributed by atoms with E-state index in [1.54, 1.807) is 0 Å². The summed E-state index contributed by atoms with van der Waals surface area (Å²) in [5, 5.41) is 3.43. The van der Waals surface area contributed by atoms with E-state index in [0.717, 1.165) is 17.8 Å². The van der Waals surface area contributed by atoms with Gasteiger partial charge in [-0.25, -0.2) is 0 Å². The number of hydrogen-bond acceptors (Lipinski definition) is 2. The molecular weight excluding hydrogens is 233 g/mol. The van der Waals surface area contributed by atoms with E-state index in [0.29, 0.717) is 9.86 Å². The SMILES string of the molecule is S=C([S-])NC12CC3CC(CC(C3)C1)C2.[Na+]. The van der Waals surface area contributed by atoms with Gasteiger partial charge >= 0.3 is 29.6 Å². The van der Waals surface area contributed by atoms with Crippen molar-refractivity contribution in [2.24, 2.45) is 17.8 Å². The molecule has 0 aromatic rings. The summed E-state index contributed by atoms with van der Waals surface area (Å²) in [5.41, 5.74) is 0.327. The molecule has 0 unspecified atom stereocenters. The maximum absolute atomic E-state index is 5.03. The largest absolute Gasteiger partial charge is 1.00 e.